The van der Waals surface area contributed by atoms with Crippen molar-refractivity contribution in [3.05, 3.63) is 11.1 Å². The minimum Gasteiger partial charge on any atom is -0.480 e. The molecule has 98 valence electrons. The van der Waals surface area contributed by atoms with Crippen molar-refractivity contribution >= 4 is 23.4 Å². The largest absolute Gasteiger partial charge is 0.480 e. The highest BCUT2D eigenvalue weighted by atomic mass is 32.1. The second kappa shape index (κ2) is 5.87. The van der Waals surface area contributed by atoms with Crippen LogP contribution >= 0.6 is 11.5 Å². The summed E-state index contributed by atoms with van der Waals surface area (Å²) >= 11 is 1.08. The number of aromatic nitrogens is 2. The molecule has 1 amide bonds. The summed E-state index contributed by atoms with van der Waals surface area (Å²) in [7, 11) is 0. The van der Waals surface area contributed by atoms with Crippen LogP contribution in [0, 0.1) is 0 Å². The first-order chi connectivity index (χ1) is 8.66. The summed E-state index contributed by atoms with van der Waals surface area (Å²) in [4.78, 5) is 26.8. The number of aliphatic carboxylic acids is 1. The molecule has 1 aromatic rings. The summed E-state index contributed by atoms with van der Waals surface area (Å²) in [6.07, 6.45) is 2.25. The van der Waals surface area contributed by atoms with Crippen molar-refractivity contribution in [3.8, 4) is 0 Å². The molecule has 1 aliphatic heterocycles. The number of carboxylic acid groups (broad SMARTS) is 1. The zero-order chi connectivity index (χ0) is 13.0. The number of carboxylic acids is 1. The van der Waals surface area contributed by atoms with Crippen LogP contribution in [0.5, 0.6) is 0 Å². The van der Waals surface area contributed by atoms with Gasteiger partial charge in [0.2, 0.25) is 0 Å². The zero-order valence-electron chi connectivity index (χ0n) is 9.78. The van der Waals surface area contributed by atoms with Gasteiger partial charge in [0.15, 0.2) is 0 Å². The van der Waals surface area contributed by atoms with Crippen LogP contribution in [0.15, 0.2) is 6.20 Å². The van der Waals surface area contributed by atoms with Gasteiger partial charge in [-0.25, -0.2) is 0 Å². The maximum atomic E-state index is 12.1. The Morgan fingerprint density at radius 3 is 2.83 bits per heavy atom. The van der Waals surface area contributed by atoms with Crippen molar-refractivity contribution in [2.45, 2.75) is 6.42 Å². The topological polar surface area (TPSA) is 86.6 Å². The first-order valence-corrected chi connectivity index (χ1v) is 6.45. The average Bonchev–Trinajstić information content (AvgIpc) is 2.76. The van der Waals surface area contributed by atoms with E-state index in [1.165, 1.54) is 6.20 Å². The van der Waals surface area contributed by atoms with E-state index in [2.05, 4.69) is 9.59 Å². The maximum Gasteiger partial charge on any atom is 0.317 e. The van der Waals surface area contributed by atoms with Crippen molar-refractivity contribution in [1.82, 2.24) is 19.4 Å². The average molecular weight is 270 g/mol. The van der Waals surface area contributed by atoms with Gasteiger partial charge in [0, 0.05) is 26.2 Å². The molecular formula is C10H14N4O3S. The third kappa shape index (κ3) is 3.23. The smallest absolute Gasteiger partial charge is 0.317 e. The van der Waals surface area contributed by atoms with Crippen molar-refractivity contribution in [2.24, 2.45) is 0 Å². The molecule has 1 aromatic heterocycles. The van der Waals surface area contributed by atoms with Gasteiger partial charge in [-0.1, -0.05) is 4.49 Å². The Balaban J connectivity index is 1.93. The fourth-order valence-electron chi connectivity index (χ4n) is 1.94. The van der Waals surface area contributed by atoms with Gasteiger partial charge in [0.25, 0.3) is 5.91 Å². The van der Waals surface area contributed by atoms with Gasteiger partial charge in [-0.15, -0.1) is 5.10 Å². The number of hydrogen-bond acceptors (Lipinski definition) is 6. The van der Waals surface area contributed by atoms with Crippen LogP contribution in [0.3, 0.4) is 0 Å². The lowest BCUT2D eigenvalue weighted by Gasteiger charge is -2.20. The molecule has 7 nitrogen and oxygen atoms in total. The number of nitrogens with zero attached hydrogens (tertiary/aromatic N) is 4. The van der Waals surface area contributed by atoms with Crippen molar-refractivity contribution in [3.63, 3.8) is 0 Å². The van der Waals surface area contributed by atoms with E-state index in [1.54, 1.807) is 4.90 Å². The molecule has 0 unspecified atom stereocenters. The van der Waals surface area contributed by atoms with Crippen LogP contribution in [0.25, 0.3) is 0 Å². The SMILES string of the molecule is O=C(O)CN1CCCN(C(=O)c2cnns2)CC1. The highest BCUT2D eigenvalue weighted by Gasteiger charge is 2.22. The quantitative estimate of drug-likeness (QED) is 0.816. The van der Waals surface area contributed by atoms with E-state index in [0.717, 1.165) is 18.0 Å². The molecule has 0 radical (unpaired) electrons. The fraction of sp³-hybridized carbons (Fsp3) is 0.600. The minimum atomic E-state index is -0.832. The highest BCUT2D eigenvalue weighted by Crippen LogP contribution is 2.10. The number of rotatable bonds is 3. The van der Waals surface area contributed by atoms with Crippen LogP contribution in [0.2, 0.25) is 0 Å². The molecule has 1 aliphatic rings. The summed E-state index contributed by atoms with van der Waals surface area (Å²) < 4.78 is 3.67. The Bertz CT molecular complexity index is 423. The molecule has 0 aromatic carbocycles. The zero-order valence-corrected chi connectivity index (χ0v) is 10.6. The molecule has 2 heterocycles. The molecular weight excluding hydrogens is 256 g/mol. The van der Waals surface area contributed by atoms with Crippen LogP contribution in [-0.4, -0.2) is 69.1 Å². The Kier molecular flexibility index (Phi) is 4.21. The van der Waals surface area contributed by atoms with Gasteiger partial charge in [0.1, 0.15) is 4.88 Å². The Labute approximate surface area is 108 Å². The van der Waals surface area contributed by atoms with Gasteiger partial charge < -0.3 is 10.0 Å². The molecule has 2 rings (SSSR count). The van der Waals surface area contributed by atoms with Gasteiger partial charge in [0.05, 0.1) is 12.7 Å². The molecule has 0 aliphatic carbocycles. The third-order valence-electron chi connectivity index (χ3n) is 2.81. The summed E-state index contributed by atoms with van der Waals surface area (Å²) in [5.41, 5.74) is 0. The monoisotopic (exact) mass is 270 g/mol. The number of hydrogen-bond donors (Lipinski definition) is 1. The molecule has 1 fully saturated rings. The first kappa shape index (κ1) is 12.9. The van der Waals surface area contributed by atoms with Crippen molar-refractivity contribution in [2.75, 3.05) is 32.7 Å². The summed E-state index contributed by atoms with van der Waals surface area (Å²) in [5, 5.41) is 12.4. The number of carbonyl (C=O) groups is 2. The molecule has 1 saturated heterocycles. The van der Waals surface area contributed by atoms with Gasteiger partial charge in [-0.3, -0.25) is 14.5 Å². The number of carbonyl (C=O) groups excluding carboxylic acids is 1. The molecule has 8 heteroatoms. The van der Waals surface area contributed by atoms with E-state index < -0.39 is 5.97 Å². The maximum absolute atomic E-state index is 12.1. The number of amides is 1. The molecule has 1 N–H and O–H groups in total. The predicted octanol–water partition coefficient (Wildman–Crippen LogP) is -0.229. The second-order valence-electron chi connectivity index (χ2n) is 4.10. The highest BCUT2D eigenvalue weighted by molar-refractivity contribution is 7.07. The second-order valence-corrected chi connectivity index (χ2v) is 4.88. The predicted molar refractivity (Wildman–Crippen MR) is 64.5 cm³/mol. The Morgan fingerprint density at radius 1 is 1.33 bits per heavy atom. The van der Waals surface area contributed by atoms with E-state index in [4.69, 9.17) is 5.11 Å². The van der Waals surface area contributed by atoms with Crippen LogP contribution < -0.4 is 0 Å². The Morgan fingerprint density at radius 2 is 2.17 bits per heavy atom. The van der Waals surface area contributed by atoms with Gasteiger partial charge >= 0.3 is 5.97 Å². The summed E-state index contributed by atoms with van der Waals surface area (Å²) in [6, 6.07) is 0. The Hall–Kier alpha value is -1.54. The molecule has 0 atom stereocenters. The molecule has 0 spiro atoms. The lowest BCUT2D eigenvalue weighted by molar-refractivity contribution is -0.138. The van der Waals surface area contributed by atoms with Crippen molar-refractivity contribution in [1.29, 1.82) is 0 Å². The first-order valence-electron chi connectivity index (χ1n) is 5.67. The standard InChI is InChI=1S/C10H14N4O3S/c15-9(16)7-13-2-1-3-14(5-4-13)10(17)8-6-11-12-18-8/h6H,1-5,7H2,(H,15,16). The van der Waals surface area contributed by atoms with Crippen LogP contribution in [0.4, 0.5) is 0 Å². The van der Waals surface area contributed by atoms with E-state index in [0.29, 0.717) is 31.1 Å². The molecule has 0 saturated carbocycles. The van der Waals surface area contributed by atoms with Crippen molar-refractivity contribution < 1.29 is 14.7 Å². The van der Waals surface area contributed by atoms with E-state index >= 15 is 0 Å². The summed E-state index contributed by atoms with van der Waals surface area (Å²) in [5.74, 6) is -0.899. The normalized spacial score (nSPS) is 17.4. The fourth-order valence-corrected chi connectivity index (χ4v) is 2.42. The minimum absolute atomic E-state index is 0.0319. The lowest BCUT2D eigenvalue weighted by Crippen LogP contribution is -2.36. The molecule has 0 bridgehead atoms. The van der Waals surface area contributed by atoms with Gasteiger partial charge in [-0.05, 0) is 18.0 Å². The lowest BCUT2D eigenvalue weighted by atomic mass is 10.3. The van der Waals surface area contributed by atoms with E-state index in [1.807, 2.05) is 4.90 Å². The molecule has 18 heavy (non-hydrogen) atoms. The van der Waals surface area contributed by atoms with Crippen LogP contribution in [0.1, 0.15) is 16.1 Å². The van der Waals surface area contributed by atoms with E-state index in [-0.39, 0.29) is 12.5 Å². The van der Waals surface area contributed by atoms with Gasteiger partial charge in [-0.2, -0.15) is 0 Å². The van der Waals surface area contributed by atoms with Crippen LogP contribution in [-0.2, 0) is 4.79 Å². The summed E-state index contributed by atoms with van der Waals surface area (Å²) in [6.45, 7) is 2.52. The third-order valence-corrected chi connectivity index (χ3v) is 3.46. The van der Waals surface area contributed by atoms with E-state index in [9.17, 15) is 9.59 Å².